The van der Waals surface area contributed by atoms with Crippen LogP contribution in [0.5, 0.6) is 0 Å². The summed E-state index contributed by atoms with van der Waals surface area (Å²) < 4.78 is 12.8. The van der Waals surface area contributed by atoms with Gasteiger partial charge in [-0.05, 0) is 30.4 Å². The van der Waals surface area contributed by atoms with Crippen LogP contribution in [-0.4, -0.2) is 4.98 Å². The zero-order valence-corrected chi connectivity index (χ0v) is 7.41. The Bertz CT molecular complexity index is 297. The summed E-state index contributed by atoms with van der Waals surface area (Å²) in [4.78, 5) is 3.79. The van der Waals surface area contributed by atoms with Crippen LogP contribution >= 0.6 is 0 Å². The summed E-state index contributed by atoms with van der Waals surface area (Å²) in [6.07, 6.45) is 6.44. The molecule has 2 N–H and O–H groups in total. The lowest BCUT2D eigenvalue weighted by atomic mass is 9.78. The monoisotopic (exact) mass is 180 g/mol. The van der Waals surface area contributed by atoms with Gasteiger partial charge in [0.2, 0.25) is 0 Å². The molecule has 13 heavy (non-hydrogen) atoms. The van der Waals surface area contributed by atoms with E-state index >= 15 is 0 Å². The summed E-state index contributed by atoms with van der Waals surface area (Å²) >= 11 is 0. The predicted octanol–water partition coefficient (Wildman–Crippen LogP) is 2.02. The van der Waals surface area contributed by atoms with E-state index in [4.69, 9.17) is 5.73 Å². The summed E-state index contributed by atoms with van der Waals surface area (Å²) in [7, 11) is 0. The molecule has 2 rings (SSSR count). The Morgan fingerprint density at radius 1 is 1.46 bits per heavy atom. The lowest BCUT2D eigenvalue weighted by molar-refractivity contribution is 0.263. The molecule has 0 spiro atoms. The minimum absolute atomic E-state index is 0.0306. The van der Waals surface area contributed by atoms with Crippen LogP contribution in [0.3, 0.4) is 0 Å². The molecular formula is C10H13FN2. The van der Waals surface area contributed by atoms with Gasteiger partial charge in [0.1, 0.15) is 5.82 Å². The van der Waals surface area contributed by atoms with Crippen LogP contribution in [0.25, 0.3) is 0 Å². The number of hydrogen-bond acceptors (Lipinski definition) is 2. The Morgan fingerprint density at radius 2 is 2.23 bits per heavy atom. The molecule has 3 heteroatoms. The molecule has 1 fully saturated rings. The minimum atomic E-state index is -0.299. The van der Waals surface area contributed by atoms with Crippen LogP contribution in [0.4, 0.5) is 4.39 Å². The van der Waals surface area contributed by atoms with Crippen molar-refractivity contribution in [2.24, 2.45) is 11.7 Å². The van der Waals surface area contributed by atoms with Crippen molar-refractivity contribution in [1.82, 2.24) is 4.98 Å². The van der Waals surface area contributed by atoms with Crippen LogP contribution in [-0.2, 0) is 0 Å². The summed E-state index contributed by atoms with van der Waals surface area (Å²) in [5, 5.41) is 0. The SMILES string of the molecule is NC(c1cncc(F)c1)C1CCC1. The van der Waals surface area contributed by atoms with E-state index in [0.29, 0.717) is 5.92 Å². The normalized spacial score (nSPS) is 19.5. The van der Waals surface area contributed by atoms with Gasteiger partial charge < -0.3 is 5.73 Å². The fourth-order valence-electron chi connectivity index (χ4n) is 1.68. The third-order valence-electron chi connectivity index (χ3n) is 2.77. The molecule has 0 radical (unpaired) electrons. The Kier molecular flexibility index (Phi) is 2.27. The first-order valence-electron chi connectivity index (χ1n) is 4.63. The highest BCUT2D eigenvalue weighted by atomic mass is 19.1. The summed E-state index contributed by atoms with van der Waals surface area (Å²) in [5.74, 6) is 0.232. The van der Waals surface area contributed by atoms with Gasteiger partial charge in [0.15, 0.2) is 0 Å². The highest BCUT2D eigenvalue weighted by Gasteiger charge is 2.25. The molecule has 2 nitrogen and oxygen atoms in total. The zero-order chi connectivity index (χ0) is 9.26. The first-order chi connectivity index (χ1) is 6.27. The van der Waals surface area contributed by atoms with Gasteiger partial charge in [0, 0.05) is 12.2 Å². The number of pyridine rings is 1. The van der Waals surface area contributed by atoms with Gasteiger partial charge >= 0.3 is 0 Å². The van der Waals surface area contributed by atoms with E-state index in [9.17, 15) is 4.39 Å². The Hall–Kier alpha value is -0.960. The molecule has 1 atom stereocenters. The van der Waals surface area contributed by atoms with Crippen molar-refractivity contribution in [1.29, 1.82) is 0 Å². The highest BCUT2D eigenvalue weighted by Crippen LogP contribution is 2.35. The van der Waals surface area contributed by atoms with E-state index in [1.807, 2.05) is 0 Å². The molecular weight excluding hydrogens is 167 g/mol. The number of aromatic nitrogens is 1. The fourth-order valence-corrected chi connectivity index (χ4v) is 1.68. The maximum Gasteiger partial charge on any atom is 0.141 e. The number of nitrogens with zero attached hydrogens (tertiary/aromatic N) is 1. The molecule has 0 bridgehead atoms. The molecule has 1 unspecified atom stereocenters. The van der Waals surface area contributed by atoms with Crippen LogP contribution in [0.15, 0.2) is 18.5 Å². The van der Waals surface area contributed by atoms with Gasteiger partial charge in [-0.1, -0.05) is 6.42 Å². The van der Waals surface area contributed by atoms with E-state index in [-0.39, 0.29) is 11.9 Å². The number of rotatable bonds is 2. The van der Waals surface area contributed by atoms with E-state index in [2.05, 4.69) is 4.98 Å². The highest BCUT2D eigenvalue weighted by molar-refractivity contribution is 5.16. The Balaban J connectivity index is 2.14. The molecule has 0 aliphatic heterocycles. The Labute approximate surface area is 77.0 Å². The lowest BCUT2D eigenvalue weighted by Crippen LogP contribution is -2.26. The van der Waals surface area contributed by atoms with Crippen molar-refractivity contribution in [3.05, 3.63) is 29.8 Å². The summed E-state index contributed by atoms with van der Waals surface area (Å²) in [5.41, 5.74) is 6.79. The Morgan fingerprint density at radius 3 is 2.77 bits per heavy atom. The van der Waals surface area contributed by atoms with Gasteiger partial charge in [0.25, 0.3) is 0 Å². The van der Waals surface area contributed by atoms with Crippen molar-refractivity contribution in [3.63, 3.8) is 0 Å². The first-order valence-corrected chi connectivity index (χ1v) is 4.63. The fraction of sp³-hybridized carbons (Fsp3) is 0.500. The van der Waals surface area contributed by atoms with E-state index in [0.717, 1.165) is 18.4 Å². The lowest BCUT2D eigenvalue weighted by Gasteiger charge is -2.31. The molecule has 1 aromatic heterocycles. The van der Waals surface area contributed by atoms with Gasteiger partial charge in [-0.25, -0.2) is 4.39 Å². The van der Waals surface area contributed by atoms with Crippen LogP contribution in [0.1, 0.15) is 30.9 Å². The number of halogens is 1. The maximum absolute atomic E-state index is 12.8. The smallest absolute Gasteiger partial charge is 0.141 e. The second-order valence-corrected chi connectivity index (χ2v) is 3.65. The predicted molar refractivity (Wildman–Crippen MR) is 48.5 cm³/mol. The molecule has 1 heterocycles. The molecule has 0 amide bonds. The number of hydrogen-bond donors (Lipinski definition) is 1. The van der Waals surface area contributed by atoms with Crippen LogP contribution in [0, 0.1) is 11.7 Å². The topological polar surface area (TPSA) is 38.9 Å². The van der Waals surface area contributed by atoms with E-state index in [1.165, 1.54) is 18.7 Å². The van der Waals surface area contributed by atoms with Gasteiger partial charge in [-0.3, -0.25) is 4.98 Å². The average molecular weight is 180 g/mol. The molecule has 1 saturated carbocycles. The molecule has 1 aliphatic carbocycles. The molecule has 0 saturated heterocycles. The van der Waals surface area contributed by atoms with Crippen molar-refractivity contribution < 1.29 is 4.39 Å². The first kappa shape index (κ1) is 8.63. The average Bonchev–Trinajstić information content (AvgIpc) is 2.01. The minimum Gasteiger partial charge on any atom is -0.324 e. The van der Waals surface area contributed by atoms with E-state index < -0.39 is 0 Å². The molecule has 70 valence electrons. The molecule has 1 aromatic rings. The third kappa shape index (κ3) is 1.70. The molecule has 1 aliphatic rings. The van der Waals surface area contributed by atoms with E-state index in [1.54, 1.807) is 6.20 Å². The van der Waals surface area contributed by atoms with Crippen molar-refractivity contribution in [3.8, 4) is 0 Å². The van der Waals surface area contributed by atoms with Crippen LogP contribution < -0.4 is 5.73 Å². The standard InChI is InChI=1S/C10H13FN2/c11-9-4-8(5-13-6-9)10(12)7-2-1-3-7/h4-7,10H,1-3,12H2. The van der Waals surface area contributed by atoms with Gasteiger partial charge in [-0.2, -0.15) is 0 Å². The maximum atomic E-state index is 12.8. The van der Waals surface area contributed by atoms with Gasteiger partial charge in [0.05, 0.1) is 6.20 Å². The van der Waals surface area contributed by atoms with Crippen molar-refractivity contribution in [2.75, 3.05) is 0 Å². The third-order valence-corrected chi connectivity index (χ3v) is 2.77. The second-order valence-electron chi connectivity index (χ2n) is 3.65. The van der Waals surface area contributed by atoms with Gasteiger partial charge in [-0.15, -0.1) is 0 Å². The second kappa shape index (κ2) is 3.42. The van der Waals surface area contributed by atoms with Crippen LogP contribution in [0.2, 0.25) is 0 Å². The number of nitrogens with two attached hydrogens (primary N) is 1. The van der Waals surface area contributed by atoms with Crippen molar-refractivity contribution >= 4 is 0 Å². The quantitative estimate of drug-likeness (QED) is 0.756. The van der Waals surface area contributed by atoms with Crippen molar-refractivity contribution in [2.45, 2.75) is 25.3 Å². The summed E-state index contributed by atoms with van der Waals surface area (Å²) in [6.45, 7) is 0. The summed E-state index contributed by atoms with van der Waals surface area (Å²) in [6, 6.07) is 1.45. The zero-order valence-electron chi connectivity index (χ0n) is 7.41. The molecule has 0 aromatic carbocycles. The largest absolute Gasteiger partial charge is 0.324 e.